The summed E-state index contributed by atoms with van der Waals surface area (Å²) in [6.07, 6.45) is 0. The smallest absolute Gasteiger partial charge is 0.0244 e. The second-order valence-corrected chi connectivity index (χ2v) is 8.13. The van der Waals surface area contributed by atoms with E-state index in [4.69, 9.17) is 0 Å². The van der Waals surface area contributed by atoms with E-state index >= 15 is 0 Å². The third-order valence-electron chi connectivity index (χ3n) is 3.51. The van der Waals surface area contributed by atoms with Crippen LogP contribution in [0.4, 0.5) is 0 Å². The molecule has 3 nitrogen and oxygen atoms in total. The predicted molar refractivity (Wildman–Crippen MR) is 91.3 cm³/mol. The van der Waals surface area contributed by atoms with Crippen molar-refractivity contribution in [3.8, 4) is 0 Å². The SMILES string of the molecule is CC(C)CN(CCN(C)C)C(CNC(C)(C)C)C(C)C. The van der Waals surface area contributed by atoms with Gasteiger partial charge in [0.25, 0.3) is 0 Å². The third-order valence-corrected chi connectivity index (χ3v) is 3.51. The van der Waals surface area contributed by atoms with Crippen molar-refractivity contribution in [1.29, 1.82) is 0 Å². The minimum Gasteiger partial charge on any atom is -0.311 e. The van der Waals surface area contributed by atoms with E-state index in [9.17, 15) is 0 Å². The van der Waals surface area contributed by atoms with Crippen molar-refractivity contribution in [2.45, 2.75) is 60.0 Å². The molecule has 0 saturated carbocycles. The summed E-state index contributed by atoms with van der Waals surface area (Å²) in [5, 5.41) is 3.69. The Morgan fingerprint density at radius 1 is 0.950 bits per heavy atom. The molecule has 0 amide bonds. The lowest BCUT2D eigenvalue weighted by atomic mass is 9.99. The molecule has 0 radical (unpaired) electrons. The topological polar surface area (TPSA) is 18.5 Å². The summed E-state index contributed by atoms with van der Waals surface area (Å²) in [7, 11) is 4.32. The minimum absolute atomic E-state index is 0.193. The first-order valence-electron chi connectivity index (χ1n) is 8.16. The summed E-state index contributed by atoms with van der Waals surface area (Å²) in [5.74, 6) is 1.39. The molecule has 0 saturated heterocycles. The van der Waals surface area contributed by atoms with Gasteiger partial charge in [0, 0.05) is 37.8 Å². The largest absolute Gasteiger partial charge is 0.311 e. The van der Waals surface area contributed by atoms with Crippen LogP contribution < -0.4 is 5.32 Å². The lowest BCUT2D eigenvalue weighted by Gasteiger charge is -2.38. The van der Waals surface area contributed by atoms with Crippen LogP contribution in [-0.2, 0) is 0 Å². The summed E-state index contributed by atoms with van der Waals surface area (Å²) < 4.78 is 0. The Balaban J connectivity index is 4.72. The van der Waals surface area contributed by atoms with Gasteiger partial charge in [0.2, 0.25) is 0 Å². The molecule has 0 aromatic rings. The summed E-state index contributed by atoms with van der Waals surface area (Å²) in [6, 6.07) is 0.608. The fourth-order valence-electron chi connectivity index (χ4n) is 2.39. The van der Waals surface area contributed by atoms with E-state index in [1.807, 2.05) is 0 Å². The molecule has 1 N–H and O–H groups in total. The molecule has 0 fully saturated rings. The first kappa shape index (κ1) is 19.9. The molecule has 0 bridgehead atoms. The molecule has 0 aliphatic heterocycles. The minimum atomic E-state index is 0.193. The maximum Gasteiger partial charge on any atom is 0.0244 e. The second kappa shape index (κ2) is 9.01. The van der Waals surface area contributed by atoms with E-state index in [0.29, 0.717) is 17.9 Å². The van der Waals surface area contributed by atoms with Gasteiger partial charge in [-0.3, -0.25) is 4.90 Å². The van der Waals surface area contributed by atoms with Gasteiger partial charge in [0.05, 0.1) is 0 Å². The maximum atomic E-state index is 3.69. The lowest BCUT2D eigenvalue weighted by molar-refractivity contribution is 0.119. The highest BCUT2D eigenvalue weighted by Gasteiger charge is 2.24. The summed E-state index contributed by atoms with van der Waals surface area (Å²) in [4.78, 5) is 4.95. The third kappa shape index (κ3) is 9.73. The number of rotatable bonds is 9. The highest BCUT2D eigenvalue weighted by atomic mass is 15.2. The van der Waals surface area contributed by atoms with Gasteiger partial charge in [-0.15, -0.1) is 0 Å². The van der Waals surface area contributed by atoms with Gasteiger partial charge in [-0.1, -0.05) is 27.7 Å². The van der Waals surface area contributed by atoms with Crippen LogP contribution in [0.3, 0.4) is 0 Å². The van der Waals surface area contributed by atoms with E-state index in [1.54, 1.807) is 0 Å². The first-order chi connectivity index (χ1) is 9.03. The van der Waals surface area contributed by atoms with Crippen LogP contribution in [0.2, 0.25) is 0 Å². The van der Waals surface area contributed by atoms with Gasteiger partial charge in [0.15, 0.2) is 0 Å². The quantitative estimate of drug-likeness (QED) is 0.703. The molecular weight excluding hydrogens is 246 g/mol. The number of nitrogens with zero attached hydrogens (tertiary/aromatic N) is 2. The molecule has 0 aliphatic rings. The van der Waals surface area contributed by atoms with Crippen LogP contribution in [-0.4, -0.2) is 61.7 Å². The predicted octanol–water partition coefficient (Wildman–Crippen LogP) is 2.92. The van der Waals surface area contributed by atoms with Crippen molar-refractivity contribution < 1.29 is 0 Å². The lowest BCUT2D eigenvalue weighted by Crippen LogP contribution is -2.52. The van der Waals surface area contributed by atoms with Crippen molar-refractivity contribution in [1.82, 2.24) is 15.1 Å². The molecule has 0 aromatic carbocycles. The van der Waals surface area contributed by atoms with Gasteiger partial charge in [-0.05, 0) is 46.7 Å². The number of likely N-dealkylation sites (N-methyl/N-ethyl adjacent to an activating group) is 1. The van der Waals surface area contributed by atoms with Crippen molar-refractivity contribution in [2.24, 2.45) is 11.8 Å². The van der Waals surface area contributed by atoms with Crippen LogP contribution in [0.5, 0.6) is 0 Å². The molecule has 1 unspecified atom stereocenters. The summed E-state index contributed by atoms with van der Waals surface area (Å²) in [6.45, 7) is 20.6. The Bertz CT molecular complexity index is 241. The van der Waals surface area contributed by atoms with Crippen LogP contribution in [0.1, 0.15) is 48.5 Å². The Labute approximate surface area is 128 Å². The standard InChI is InChI=1S/C17H39N3/c1-14(2)13-20(11-10-19(8)9)16(15(3)4)12-18-17(5,6)7/h14-16,18H,10-13H2,1-9H3. The van der Waals surface area contributed by atoms with Crippen molar-refractivity contribution in [2.75, 3.05) is 40.3 Å². The Kier molecular flexibility index (Phi) is 8.96. The second-order valence-electron chi connectivity index (χ2n) is 8.13. The van der Waals surface area contributed by atoms with Gasteiger partial charge >= 0.3 is 0 Å². The number of nitrogens with one attached hydrogen (secondary N) is 1. The van der Waals surface area contributed by atoms with Crippen LogP contribution >= 0.6 is 0 Å². The average Bonchev–Trinajstić information content (AvgIpc) is 2.22. The monoisotopic (exact) mass is 285 g/mol. The van der Waals surface area contributed by atoms with Gasteiger partial charge in [-0.2, -0.15) is 0 Å². The zero-order chi connectivity index (χ0) is 15.9. The van der Waals surface area contributed by atoms with E-state index < -0.39 is 0 Å². The Hall–Kier alpha value is -0.120. The van der Waals surface area contributed by atoms with Gasteiger partial charge in [0.1, 0.15) is 0 Å². The highest BCUT2D eigenvalue weighted by molar-refractivity contribution is 4.82. The molecular formula is C17H39N3. The van der Waals surface area contributed by atoms with E-state index in [1.165, 1.54) is 6.54 Å². The van der Waals surface area contributed by atoms with Crippen LogP contribution in [0.25, 0.3) is 0 Å². The Morgan fingerprint density at radius 3 is 1.85 bits per heavy atom. The number of hydrogen-bond donors (Lipinski definition) is 1. The van der Waals surface area contributed by atoms with Gasteiger partial charge < -0.3 is 10.2 Å². The molecule has 0 rings (SSSR count). The molecule has 3 heteroatoms. The average molecular weight is 286 g/mol. The molecule has 0 spiro atoms. The first-order valence-corrected chi connectivity index (χ1v) is 8.16. The Morgan fingerprint density at radius 2 is 1.50 bits per heavy atom. The zero-order valence-electron chi connectivity index (χ0n) is 15.5. The summed E-state index contributed by atoms with van der Waals surface area (Å²) >= 11 is 0. The van der Waals surface area contributed by atoms with Crippen LogP contribution in [0.15, 0.2) is 0 Å². The highest BCUT2D eigenvalue weighted by Crippen LogP contribution is 2.14. The van der Waals surface area contributed by atoms with Crippen LogP contribution in [0, 0.1) is 11.8 Å². The van der Waals surface area contributed by atoms with E-state index in [2.05, 4.69) is 77.7 Å². The fraction of sp³-hybridized carbons (Fsp3) is 1.00. The van der Waals surface area contributed by atoms with Crippen molar-refractivity contribution in [3.63, 3.8) is 0 Å². The molecule has 1 atom stereocenters. The zero-order valence-corrected chi connectivity index (χ0v) is 15.5. The molecule has 0 heterocycles. The molecule has 0 aromatic heterocycles. The normalized spacial score (nSPS) is 14.8. The van der Waals surface area contributed by atoms with E-state index in [-0.39, 0.29) is 5.54 Å². The maximum absolute atomic E-state index is 3.69. The summed E-state index contributed by atoms with van der Waals surface area (Å²) in [5.41, 5.74) is 0.193. The molecule has 0 aliphatic carbocycles. The van der Waals surface area contributed by atoms with Gasteiger partial charge in [-0.25, -0.2) is 0 Å². The van der Waals surface area contributed by atoms with E-state index in [0.717, 1.165) is 19.6 Å². The van der Waals surface area contributed by atoms with Crippen molar-refractivity contribution in [3.05, 3.63) is 0 Å². The molecule has 20 heavy (non-hydrogen) atoms. The van der Waals surface area contributed by atoms with Crippen molar-refractivity contribution >= 4 is 0 Å². The fourth-order valence-corrected chi connectivity index (χ4v) is 2.39. The number of hydrogen-bond acceptors (Lipinski definition) is 3. The molecule has 122 valence electrons.